The Bertz CT molecular complexity index is 781. The van der Waals surface area contributed by atoms with Gasteiger partial charge < -0.3 is 5.32 Å². The van der Waals surface area contributed by atoms with Crippen LogP contribution in [0.2, 0.25) is 0 Å². The van der Waals surface area contributed by atoms with Crippen molar-refractivity contribution in [2.24, 2.45) is 0 Å². The number of benzene rings is 2. The van der Waals surface area contributed by atoms with Crippen LogP contribution in [0.5, 0.6) is 0 Å². The van der Waals surface area contributed by atoms with Gasteiger partial charge in [-0.3, -0.25) is 0 Å². The molecule has 0 saturated carbocycles. The second kappa shape index (κ2) is 4.56. The highest BCUT2D eigenvalue weighted by molar-refractivity contribution is 7.16. The van der Waals surface area contributed by atoms with E-state index in [1.165, 1.54) is 10.3 Å². The summed E-state index contributed by atoms with van der Waals surface area (Å²) in [4.78, 5) is 4.29. The van der Waals surface area contributed by atoms with Gasteiger partial charge in [-0.2, -0.15) is 0 Å². The Balaban J connectivity index is 1.64. The zero-order valence-corrected chi connectivity index (χ0v) is 11.6. The first-order valence-corrected chi connectivity index (χ1v) is 7.56. The van der Waals surface area contributed by atoms with Crippen LogP contribution in [0.3, 0.4) is 0 Å². The number of halogens is 1. The van der Waals surface area contributed by atoms with E-state index in [9.17, 15) is 4.39 Å². The van der Waals surface area contributed by atoms with Crippen LogP contribution in [0, 0.1) is 5.82 Å². The Kier molecular flexibility index (Phi) is 2.70. The quantitative estimate of drug-likeness (QED) is 0.747. The van der Waals surface area contributed by atoms with E-state index in [0.717, 1.165) is 29.6 Å². The Hall–Kier alpha value is -1.94. The maximum atomic E-state index is 13.2. The fraction of sp³-hybridized carbons (Fsp3) is 0.188. The molecule has 0 bridgehead atoms. The van der Waals surface area contributed by atoms with Crippen LogP contribution in [-0.4, -0.2) is 4.98 Å². The highest BCUT2D eigenvalue weighted by atomic mass is 32.1. The van der Waals surface area contributed by atoms with Crippen molar-refractivity contribution in [3.63, 3.8) is 0 Å². The molecule has 2 aromatic carbocycles. The van der Waals surface area contributed by atoms with Crippen LogP contribution in [0.4, 0.5) is 10.1 Å². The lowest BCUT2D eigenvalue weighted by Gasteiger charge is -2.15. The molecule has 1 aromatic heterocycles. The Morgan fingerprint density at radius 3 is 3.10 bits per heavy atom. The molecule has 0 spiro atoms. The van der Waals surface area contributed by atoms with Gasteiger partial charge in [0.1, 0.15) is 5.82 Å². The van der Waals surface area contributed by atoms with Gasteiger partial charge in [-0.05, 0) is 54.3 Å². The number of rotatable bonds is 2. The van der Waals surface area contributed by atoms with E-state index in [2.05, 4.69) is 22.4 Å². The number of nitrogens with one attached hydrogen (secondary N) is 1. The van der Waals surface area contributed by atoms with Gasteiger partial charge in [0.15, 0.2) is 0 Å². The van der Waals surface area contributed by atoms with E-state index in [-0.39, 0.29) is 11.9 Å². The minimum Gasteiger partial charge on any atom is -0.378 e. The maximum Gasteiger partial charge on any atom is 0.123 e. The number of nitrogens with zero attached hydrogens (tertiary/aromatic N) is 1. The van der Waals surface area contributed by atoms with E-state index in [1.807, 2.05) is 17.6 Å². The fourth-order valence-electron chi connectivity index (χ4n) is 2.88. The lowest BCUT2D eigenvalue weighted by atomic mass is 10.1. The number of hydrogen-bond acceptors (Lipinski definition) is 3. The van der Waals surface area contributed by atoms with Crippen LogP contribution in [0.15, 0.2) is 41.9 Å². The van der Waals surface area contributed by atoms with Crippen LogP contribution in [0.1, 0.15) is 23.6 Å². The highest BCUT2D eigenvalue weighted by Gasteiger charge is 2.22. The summed E-state index contributed by atoms with van der Waals surface area (Å²) in [6.45, 7) is 0. The fourth-order valence-corrected chi connectivity index (χ4v) is 3.60. The molecule has 4 rings (SSSR count). The summed E-state index contributed by atoms with van der Waals surface area (Å²) >= 11 is 1.65. The average Bonchev–Trinajstić information content (AvgIpc) is 3.05. The Morgan fingerprint density at radius 1 is 1.20 bits per heavy atom. The number of aromatic nitrogens is 1. The lowest BCUT2D eigenvalue weighted by Crippen LogP contribution is -2.06. The molecular formula is C16H13FN2S. The largest absolute Gasteiger partial charge is 0.378 e. The Labute approximate surface area is 120 Å². The topological polar surface area (TPSA) is 24.9 Å². The molecule has 1 unspecified atom stereocenters. The summed E-state index contributed by atoms with van der Waals surface area (Å²) in [5.41, 5.74) is 6.35. The van der Waals surface area contributed by atoms with Gasteiger partial charge in [-0.25, -0.2) is 9.37 Å². The van der Waals surface area contributed by atoms with Crippen LogP contribution in [-0.2, 0) is 6.42 Å². The number of aryl methyl sites for hydroxylation is 1. The van der Waals surface area contributed by atoms with E-state index >= 15 is 0 Å². The van der Waals surface area contributed by atoms with E-state index in [1.54, 1.807) is 23.5 Å². The standard InChI is InChI=1S/C16H13FN2S/c17-11-2-4-13-10(7-11)1-5-14(13)19-12-3-6-15-16(8-12)20-9-18-15/h2-4,6-9,14,19H,1,5H2. The normalized spacial score (nSPS) is 17.4. The zero-order valence-electron chi connectivity index (χ0n) is 10.8. The third kappa shape index (κ3) is 1.96. The molecule has 20 heavy (non-hydrogen) atoms. The van der Waals surface area contributed by atoms with Crippen molar-refractivity contribution < 1.29 is 4.39 Å². The first-order valence-electron chi connectivity index (χ1n) is 6.68. The first-order chi connectivity index (χ1) is 9.79. The Morgan fingerprint density at radius 2 is 2.15 bits per heavy atom. The molecule has 1 atom stereocenters. The van der Waals surface area contributed by atoms with Crippen LogP contribution in [0.25, 0.3) is 10.2 Å². The first kappa shape index (κ1) is 11.9. The predicted molar refractivity (Wildman–Crippen MR) is 80.7 cm³/mol. The lowest BCUT2D eigenvalue weighted by molar-refractivity contribution is 0.626. The molecule has 4 heteroatoms. The summed E-state index contributed by atoms with van der Waals surface area (Å²) in [6.07, 6.45) is 1.95. The molecule has 0 radical (unpaired) electrons. The number of fused-ring (bicyclic) bond motifs is 2. The van der Waals surface area contributed by atoms with Crippen molar-refractivity contribution in [2.45, 2.75) is 18.9 Å². The molecule has 100 valence electrons. The van der Waals surface area contributed by atoms with E-state index < -0.39 is 0 Å². The number of anilines is 1. The third-order valence-corrected chi connectivity index (χ3v) is 4.65. The van der Waals surface area contributed by atoms with Crippen LogP contribution < -0.4 is 5.32 Å². The molecule has 3 aromatic rings. The molecule has 1 aliphatic rings. The van der Waals surface area contributed by atoms with Gasteiger partial charge in [0.2, 0.25) is 0 Å². The third-order valence-electron chi connectivity index (χ3n) is 3.85. The van der Waals surface area contributed by atoms with Crippen molar-refractivity contribution in [1.82, 2.24) is 4.98 Å². The molecule has 0 fully saturated rings. The van der Waals surface area contributed by atoms with E-state index in [0.29, 0.717) is 0 Å². The SMILES string of the molecule is Fc1ccc2c(c1)CCC2Nc1ccc2ncsc2c1. The maximum absolute atomic E-state index is 13.2. The monoisotopic (exact) mass is 284 g/mol. The van der Waals surface area contributed by atoms with Crippen molar-refractivity contribution in [1.29, 1.82) is 0 Å². The van der Waals surface area contributed by atoms with Crippen molar-refractivity contribution in [3.8, 4) is 0 Å². The minimum atomic E-state index is -0.143. The van der Waals surface area contributed by atoms with Crippen molar-refractivity contribution >= 4 is 27.2 Å². The predicted octanol–water partition coefficient (Wildman–Crippen LogP) is 4.53. The van der Waals surface area contributed by atoms with Crippen molar-refractivity contribution in [2.75, 3.05) is 5.32 Å². The number of hydrogen-bond donors (Lipinski definition) is 1. The summed E-state index contributed by atoms with van der Waals surface area (Å²) in [5, 5.41) is 3.55. The molecule has 0 aliphatic heterocycles. The average molecular weight is 284 g/mol. The summed E-state index contributed by atoms with van der Waals surface area (Å²) in [5.74, 6) is -0.143. The number of thiazole rings is 1. The molecule has 2 nitrogen and oxygen atoms in total. The molecule has 1 aliphatic carbocycles. The molecule has 1 heterocycles. The van der Waals surface area contributed by atoms with Crippen molar-refractivity contribution in [3.05, 3.63) is 58.9 Å². The summed E-state index contributed by atoms with van der Waals surface area (Å²) in [6, 6.07) is 11.6. The van der Waals surface area contributed by atoms with E-state index in [4.69, 9.17) is 0 Å². The van der Waals surface area contributed by atoms with Gasteiger partial charge in [-0.1, -0.05) is 6.07 Å². The molecule has 0 saturated heterocycles. The van der Waals surface area contributed by atoms with Gasteiger partial charge in [0.05, 0.1) is 21.8 Å². The minimum absolute atomic E-state index is 0.143. The van der Waals surface area contributed by atoms with Gasteiger partial charge in [-0.15, -0.1) is 11.3 Å². The molecule has 0 amide bonds. The molecular weight excluding hydrogens is 271 g/mol. The van der Waals surface area contributed by atoms with Gasteiger partial charge >= 0.3 is 0 Å². The summed E-state index contributed by atoms with van der Waals surface area (Å²) in [7, 11) is 0. The van der Waals surface area contributed by atoms with Gasteiger partial charge in [0, 0.05) is 5.69 Å². The highest BCUT2D eigenvalue weighted by Crippen LogP contribution is 2.35. The second-order valence-corrected chi connectivity index (χ2v) is 6.00. The smallest absolute Gasteiger partial charge is 0.123 e. The molecule has 1 N–H and O–H groups in total. The zero-order chi connectivity index (χ0) is 13.5. The second-order valence-electron chi connectivity index (χ2n) is 5.11. The van der Waals surface area contributed by atoms with Crippen LogP contribution >= 0.6 is 11.3 Å². The summed E-state index contributed by atoms with van der Waals surface area (Å²) < 4.78 is 14.4. The van der Waals surface area contributed by atoms with Gasteiger partial charge in [0.25, 0.3) is 0 Å².